The Balaban J connectivity index is 1.98. The molecule has 14 heavy (non-hydrogen) atoms. The van der Waals surface area contributed by atoms with Gasteiger partial charge in [-0.3, -0.25) is 0 Å². The van der Waals surface area contributed by atoms with E-state index in [2.05, 4.69) is 18.2 Å². The largest absolute Gasteiger partial charge is 0.127 e. The fourth-order valence-corrected chi connectivity index (χ4v) is 2.39. The van der Waals surface area contributed by atoms with Crippen LogP contribution in [0, 0.1) is 0 Å². The SMILES string of the molecule is ClCCCCc1ccc2c(c1)CCC2. The Labute approximate surface area is 91.3 Å². The molecule has 0 fully saturated rings. The maximum Gasteiger partial charge on any atom is 0.0223 e. The van der Waals surface area contributed by atoms with Crippen LogP contribution in [0.25, 0.3) is 0 Å². The van der Waals surface area contributed by atoms with E-state index in [0.717, 1.165) is 12.3 Å². The van der Waals surface area contributed by atoms with Crippen LogP contribution < -0.4 is 0 Å². The van der Waals surface area contributed by atoms with Gasteiger partial charge in [-0.1, -0.05) is 18.2 Å². The number of fused-ring (bicyclic) bond motifs is 1. The fourth-order valence-electron chi connectivity index (χ4n) is 2.20. The average molecular weight is 209 g/mol. The normalized spacial score (nSPS) is 14.4. The van der Waals surface area contributed by atoms with E-state index in [1.54, 1.807) is 11.1 Å². The summed E-state index contributed by atoms with van der Waals surface area (Å²) in [6.45, 7) is 0. The summed E-state index contributed by atoms with van der Waals surface area (Å²) in [5, 5.41) is 0. The van der Waals surface area contributed by atoms with Gasteiger partial charge in [0, 0.05) is 5.88 Å². The molecule has 0 N–H and O–H groups in total. The topological polar surface area (TPSA) is 0 Å². The van der Waals surface area contributed by atoms with Crippen LogP contribution in [0.2, 0.25) is 0 Å². The Morgan fingerprint density at radius 3 is 2.79 bits per heavy atom. The molecule has 0 atom stereocenters. The molecule has 0 unspecified atom stereocenters. The maximum absolute atomic E-state index is 5.66. The molecule has 0 spiro atoms. The third kappa shape index (κ3) is 2.30. The molecule has 1 heteroatoms. The number of alkyl halides is 1. The van der Waals surface area contributed by atoms with Crippen molar-refractivity contribution in [2.24, 2.45) is 0 Å². The number of rotatable bonds is 4. The first-order chi connectivity index (χ1) is 6.90. The van der Waals surface area contributed by atoms with Gasteiger partial charge in [0.2, 0.25) is 0 Å². The Hall–Kier alpha value is -0.490. The van der Waals surface area contributed by atoms with Crippen molar-refractivity contribution in [3.63, 3.8) is 0 Å². The average Bonchev–Trinajstić information content (AvgIpc) is 2.65. The van der Waals surface area contributed by atoms with Crippen LogP contribution in [0.4, 0.5) is 0 Å². The third-order valence-corrected chi connectivity index (χ3v) is 3.28. The zero-order chi connectivity index (χ0) is 9.80. The zero-order valence-electron chi connectivity index (χ0n) is 8.56. The number of halogens is 1. The van der Waals surface area contributed by atoms with Gasteiger partial charge in [-0.25, -0.2) is 0 Å². The van der Waals surface area contributed by atoms with Crippen molar-refractivity contribution >= 4 is 11.6 Å². The van der Waals surface area contributed by atoms with E-state index in [9.17, 15) is 0 Å². The minimum atomic E-state index is 0.797. The molecular weight excluding hydrogens is 192 g/mol. The van der Waals surface area contributed by atoms with Crippen molar-refractivity contribution in [2.45, 2.75) is 38.5 Å². The first-order valence-electron chi connectivity index (χ1n) is 5.57. The summed E-state index contributed by atoms with van der Waals surface area (Å²) < 4.78 is 0. The van der Waals surface area contributed by atoms with Gasteiger partial charge in [-0.15, -0.1) is 11.6 Å². The quantitative estimate of drug-likeness (QED) is 0.523. The van der Waals surface area contributed by atoms with E-state index in [0.29, 0.717) is 0 Å². The lowest BCUT2D eigenvalue weighted by Crippen LogP contribution is -1.89. The summed E-state index contributed by atoms with van der Waals surface area (Å²) >= 11 is 5.66. The number of unbranched alkanes of at least 4 members (excludes halogenated alkanes) is 1. The van der Waals surface area contributed by atoms with Crippen LogP contribution in [0.1, 0.15) is 36.0 Å². The van der Waals surface area contributed by atoms with Gasteiger partial charge in [0.1, 0.15) is 0 Å². The van der Waals surface area contributed by atoms with Crippen molar-refractivity contribution in [1.82, 2.24) is 0 Å². The molecule has 0 amide bonds. The smallest absolute Gasteiger partial charge is 0.0223 e. The highest BCUT2D eigenvalue weighted by Crippen LogP contribution is 2.23. The molecule has 0 radical (unpaired) electrons. The van der Waals surface area contributed by atoms with Gasteiger partial charge in [0.15, 0.2) is 0 Å². The predicted octanol–water partition coefficient (Wildman–Crippen LogP) is 3.74. The molecule has 0 aliphatic heterocycles. The molecule has 0 aromatic heterocycles. The van der Waals surface area contributed by atoms with Crippen LogP contribution in [-0.4, -0.2) is 5.88 Å². The molecule has 0 bridgehead atoms. The second kappa shape index (κ2) is 4.84. The summed E-state index contributed by atoms with van der Waals surface area (Å²) in [4.78, 5) is 0. The molecule has 1 aliphatic rings. The molecule has 76 valence electrons. The van der Waals surface area contributed by atoms with Crippen molar-refractivity contribution in [1.29, 1.82) is 0 Å². The van der Waals surface area contributed by atoms with Crippen LogP contribution in [-0.2, 0) is 19.3 Å². The number of benzene rings is 1. The predicted molar refractivity (Wildman–Crippen MR) is 62.1 cm³/mol. The monoisotopic (exact) mass is 208 g/mol. The minimum absolute atomic E-state index is 0.797. The van der Waals surface area contributed by atoms with Gasteiger partial charge in [-0.05, 0) is 55.2 Å². The number of aryl methyl sites for hydroxylation is 3. The van der Waals surface area contributed by atoms with Crippen LogP contribution in [0.15, 0.2) is 18.2 Å². The molecular formula is C13H17Cl. The lowest BCUT2D eigenvalue weighted by Gasteiger charge is -2.04. The Kier molecular flexibility index (Phi) is 3.47. The first kappa shape index (κ1) is 10.0. The molecule has 1 aliphatic carbocycles. The number of hydrogen-bond donors (Lipinski definition) is 0. The van der Waals surface area contributed by atoms with Crippen molar-refractivity contribution in [3.8, 4) is 0 Å². The van der Waals surface area contributed by atoms with E-state index in [4.69, 9.17) is 11.6 Å². The Morgan fingerprint density at radius 2 is 1.93 bits per heavy atom. The second-order valence-electron chi connectivity index (χ2n) is 4.10. The summed E-state index contributed by atoms with van der Waals surface area (Å²) in [6.07, 6.45) is 7.48. The summed E-state index contributed by atoms with van der Waals surface area (Å²) in [6, 6.07) is 7.01. The van der Waals surface area contributed by atoms with Crippen LogP contribution in [0.5, 0.6) is 0 Å². The van der Waals surface area contributed by atoms with Gasteiger partial charge < -0.3 is 0 Å². The van der Waals surface area contributed by atoms with E-state index in [1.807, 2.05) is 0 Å². The van der Waals surface area contributed by atoms with Gasteiger partial charge in [0.05, 0.1) is 0 Å². The first-order valence-corrected chi connectivity index (χ1v) is 6.10. The molecule has 0 saturated carbocycles. The van der Waals surface area contributed by atoms with E-state index >= 15 is 0 Å². The van der Waals surface area contributed by atoms with Crippen LogP contribution in [0.3, 0.4) is 0 Å². The standard InChI is InChI=1S/C13H17Cl/c14-9-2-1-4-11-7-8-12-5-3-6-13(12)10-11/h7-8,10H,1-6,9H2. The molecule has 2 rings (SSSR count). The van der Waals surface area contributed by atoms with Crippen molar-refractivity contribution in [3.05, 3.63) is 34.9 Å². The van der Waals surface area contributed by atoms with Crippen LogP contribution >= 0.6 is 11.6 Å². The second-order valence-corrected chi connectivity index (χ2v) is 4.48. The maximum atomic E-state index is 5.66. The minimum Gasteiger partial charge on any atom is -0.127 e. The van der Waals surface area contributed by atoms with E-state index in [-0.39, 0.29) is 0 Å². The van der Waals surface area contributed by atoms with Gasteiger partial charge in [-0.2, -0.15) is 0 Å². The van der Waals surface area contributed by atoms with Crippen molar-refractivity contribution in [2.75, 3.05) is 5.88 Å². The summed E-state index contributed by atoms with van der Waals surface area (Å²) in [5.41, 5.74) is 4.66. The van der Waals surface area contributed by atoms with E-state index < -0.39 is 0 Å². The lowest BCUT2D eigenvalue weighted by atomic mass is 10.0. The number of hydrogen-bond acceptors (Lipinski definition) is 0. The third-order valence-electron chi connectivity index (χ3n) is 3.01. The zero-order valence-corrected chi connectivity index (χ0v) is 9.32. The lowest BCUT2D eigenvalue weighted by molar-refractivity contribution is 0.798. The van der Waals surface area contributed by atoms with E-state index in [1.165, 1.54) is 37.7 Å². The Bertz CT molecular complexity index is 304. The molecule has 1 aromatic rings. The summed E-state index contributed by atoms with van der Waals surface area (Å²) in [5.74, 6) is 0.797. The van der Waals surface area contributed by atoms with Crippen molar-refractivity contribution < 1.29 is 0 Å². The molecule has 0 nitrogen and oxygen atoms in total. The molecule has 0 saturated heterocycles. The Morgan fingerprint density at radius 1 is 1.07 bits per heavy atom. The summed E-state index contributed by atoms with van der Waals surface area (Å²) in [7, 11) is 0. The fraction of sp³-hybridized carbons (Fsp3) is 0.538. The highest BCUT2D eigenvalue weighted by atomic mass is 35.5. The molecule has 0 heterocycles. The highest BCUT2D eigenvalue weighted by molar-refractivity contribution is 6.17. The highest BCUT2D eigenvalue weighted by Gasteiger charge is 2.10. The van der Waals surface area contributed by atoms with Gasteiger partial charge in [0.25, 0.3) is 0 Å². The molecule has 1 aromatic carbocycles. The van der Waals surface area contributed by atoms with Gasteiger partial charge >= 0.3 is 0 Å².